The van der Waals surface area contributed by atoms with Crippen LogP contribution in [0.2, 0.25) is 0 Å². The van der Waals surface area contributed by atoms with Gasteiger partial charge in [-0.05, 0) is 50.4 Å². The summed E-state index contributed by atoms with van der Waals surface area (Å²) in [4.78, 5) is 2.25. The first-order chi connectivity index (χ1) is 8.69. The van der Waals surface area contributed by atoms with E-state index in [2.05, 4.69) is 24.1 Å². The molecule has 1 fully saturated rings. The number of nitrogens with one attached hydrogen (secondary N) is 1. The fourth-order valence-corrected chi connectivity index (χ4v) is 2.72. The van der Waals surface area contributed by atoms with Crippen molar-refractivity contribution in [2.24, 2.45) is 5.92 Å². The van der Waals surface area contributed by atoms with E-state index in [1.807, 2.05) is 6.07 Å². The molecule has 1 heterocycles. The first-order valence-electron chi connectivity index (χ1n) is 6.93. The van der Waals surface area contributed by atoms with Crippen molar-refractivity contribution in [2.75, 3.05) is 24.5 Å². The smallest absolute Gasteiger partial charge is 0.125 e. The van der Waals surface area contributed by atoms with Crippen LogP contribution in [0.15, 0.2) is 24.3 Å². The minimum Gasteiger partial charge on any atom is -0.370 e. The highest BCUT2D eigenvalue weighted by atomic mass is 19.1. The zero-order chi connectivity index (χ0) is 13.0. The predicted octanol–water partition coefficient (Wildman–Crippen LogP) is 3.04. The van der Waals surface area contributed by atoms with Crippen molar-refractivity contribution in [1.82, 2.24) is 5.32 Å². The van der Waals surface area contributed by atoms with Crippen molar-refractivity contribution >= 4 is 5.69 Å². The van der Waals surface area contributed by atoms with Gasteiger partial charge in [0.1, 0.15) is 5.82 Å². The third kappa shape index (κ3) is 3.45. The number of likely N-dealkylation sites (N-methyl/N-ethyl adjacent to an activating group) is 1. The number of hydrogen-bond acceptors (Lipinski definition) is 2. The average molecular weight is 250 g/mol. The second kappa shape index (κ2) is 6.19. The van der Waals surface area contributed by atoms with Gasteiger partial charge >= 0.3 is 0 Å². The van der Waals surface area contributed by atoms with E-state index >= 15 is 0 Å². The lowest BCUT2D eigenvalue weighted by Crippen LogP contribution is -2.45. The summed E-state index contributed by atoms with van der Waals surface area (Å²) in [5.41, 5.74) is 0.984. The Balaban J connectivity index is 2.00. The van der Waals surface area contributed by atoms with Gasteiger partial charge in [0.25, 0.3) is 0 Å². The third-order valence-corrected chi connectivity index (χ3v) is 3.75. The zero-order valence-electron chi connectivity index (χ0n) is 11.3. The number of benzene rings is 1. The maximum atomic E-state index is 13.3. The summed E-state index contributed by atoms with van der Waals surface area (Å²) in [6, 6.07) is 7.41. The van der Waals surface area contributed by atoms with Crippen molar-refractivity contribution in [3.05, 3.63) is 30.1 Å². The van der Waals surface area contributed by atoms with Crippen LogP contribution in [0, 0.1) is 11.7 Å². The largest absolute Gasteiger partial charge is 0.370 e. The van der Waals surface area contributed by atoms with Crippen molar-refractivity contribution in [3.63, 3.8) is 0 Å². The van der Waals surface area contributed by atoms with E-state index in [4.69, 9.17) is 0 Å². The molecule has 18 heavy (non-hydrogen) atoms. The molecule has 2 unspecified atom stereocenters. The number of halogens is 1. The minimum absolute atomic E-state index is 0.157. The predicted molar refractivity (Wildman–Crippen MR) is 74.5 cm³/mol. The van der Waals surface area contributed by atoms with Gasteiger partial charge in [0, 0.05) is 24.8 Å². The number of piperidine rings is 1. The molecule has 0 radical (unpaired) electrons. The maximum Gasteiger partial charge on any atom is 0.125 e. The molecule has 3 heteroatoms. The summed E-state index contributed by atoms with van der Waals surface area (Å²) in [6.07, 6.45) is 2.48. The first kappa shape index (κ1) is 13.3. The molecule has 0 amide bonds. The summed E-state index contributed by atoms with van der Waals surface area (Å²) in [6.45, 7) is 7.41. The Morgan fingerprint density at radius 3 is 2.94 bits per heavy atom. The molecular weight excluding hydrogens is 227 g/mol. The fraction of sp³-hybridized carbons (Fsp3) is 0.600. The Hall–Kier alpha value is -1.09. The van der Waals surface area contributed by atoms with E-state index in [1.165, 1.54) is 18.9 Å². The first-order valence-corrected chi connectivity index (χ1v) is 6.93. The van der Waals surface area contributed by atoms with Gasteiger partial charge in [-0.3, -0.25) is 0 Å². The van der Waals surface area contributed by atoms with Gasteiger partial charge in [-0.2, -0.15) is 0 Å². The summed E-state index contributed by atoms with van der Waals surface area (Å²) in [7, 11) is 0. The molecule has 2 nitrogen and oxygen atoms in total. The van der Waals surface area contributed by atoms with E-state index in [0.29, 0.717) is 6.04 Å². The lowest BCUT2D eigenvalue weighted by Gasteiger charge is -2.33. The topological polar surface area (TPSA) is 15.3 Å². The van der Waals surface area contributed by atoms with Crippen LogP contribution in [0.25, 0.3) is 0 Å². The number of anilines is 1. The Morgan fingerprint density at radius 2 is 2.28 bits per heavy atom. The van der Waals surface area contributed by atoms with Crippen LogP contribution in [-0.4, -0.2) is 25.7 Å². The van der Waals surface area contributed by atoms with Crippen LogP contribution >= 0.6 is 0 Å². The van der Waals surface area contributed by atoms with Crippen molar-refractivity contribution < 1.29 is 4.39 Å². The Morgan fingerprint density at radius 1 is 1.44 bits per heavy atom. The molecule has 0 aliphatic carbocycles. The van der Waals surface area contributed by atoms with Gasteiger partial charge in [-0.15, -0.1) is 0 Å². The lowest BCUT2D eigenvalue weighted by atomic mass is 9.94. The van der Waals surface area contributed by atoms with Gasteiger partial charge in [-0.25, -0.2) is 4.39 Å². The Labute approximate surface area is 109 Å². The number of rotatable bonds is 4. The highest BCUT2D eigenvalue weighted by molar-refractivity contribution is 5.46. The molecule has 1 aliphatic heterocycles. The van der Waals surface area contributed by atoms with Crippen LogP contribution in [0.1, 0.15) is 26.7 Å². The molecule has 1 N–H and O–H groups in total. The van der Waals surface area contributed by atoms with Gasteiger partial charge < -0.3 is 10.2 Å². The monoisotopic (exact) mass is 250 g/mol. The van der Waals surface area contributed by atoms with E-state index in [1.54, 1.807) is 12.1 Å². The van der Waals surface area contributed by atoms with Crippen molar-refractivity contribution in [1.29, 1.82) is 0 Å². The molecule has 1 saturated heterocycles. The summed E-state index contributed by atoms with van der Waals surface area (Å²) >= 11 is 0. The Bertz CT molecular complexity index is 381. The van der Waals surface area contributed by atoms with Crippen LogP contribution in [0.3, 0.4) is 0 Å². The lowest BCUT2D eigenvalue weighted by molar-refractivity contribution is 0.321. The Kier molecular flexibility index (Phi) is 4.59. The average Bonchev–Trinajstić information content (AvgIpc) is 2.36. The van der Waals surface area contributed by atoms with Crippen LogP contribution < -0.4 is 10.2 Å². The minimum atomic E-state index is -0.157. The van der Waals surface area contributed by atoms with Crippen LogP contribution in [0.5, 0.6) is 0 Å². The van der Waals surface area contributed by atoms with Gasteiger partial charge in [0.2, 0.25) is 0 Å². The van der Waals surface area contributed by atoms with E-state index in [0.717, 1.165) is 31.2 Å². The quantitative estimate of drug-likeness (QED) is 0.883. The van der Waals surface area contributed by atoms with Gasteiger partial charge in [0.05, 0.1) is 0 Å². The number of nitrogens with zero attached hydrogens (tertiary/aromatic N) is 1. The zero-order valence-corrected chi connectivity index (χ0v) is 11.3. The molecular formula is C15H23FN2. The molecule has 100 valence electrons. The highest BCUT2D eigenvalue weighted by Crippen LogP contribution is 2.20. The molecule has 0 saturated carbocycles. The van der Waals surface area contributed by atoms with E-state index in [-0.39, 0.29) is 5.82 Å². The summed E-state index contributed by atoms with van der Waals surface area (Å²) in [5.74, 6) is 0.637. The molecule has 2 rings (SSSR count). The van der Waals surface area contributed by atoms with Crippen LogP contribution in [0.4, 0.5) is 10.1 Å². The summed E-state index contributed by atoms with van der Waals surface area (Å²) < 4.78 is 13.3. The standard InChI is InChI=1S/C15H23FN2/c1-3-18(15-6-4-5-13(16)10-15)11-14-9-12(2)7-8-17-14/h4-6,10,12,14,17H,3,7-9,11H2,1-2H3. The molecule has 1 aromatic carbocycles. The van der Waals surface area contributed by atoms with E-state index in [9.17, 15) is 4.39 Å². The molecule has 1 aromatic rings. The fourth-order valence-electron chi connectivity index (χ4n) is 2.72. The van der Waals surface area contributed by atoms with Crippen LogP contribution in [-0.2, 0) is 0 Å². The van der Waals surface area contributed by atoms with Gasteiger partial charge in [-0.1, -0.05) is 13.0 Å². The molecule has 0 bridgehead atoms. The summed E-state index contributed by atoms with van der Waals surface area (Å²) in [5, 5.41) is 3.56. The van der Waals surface area contributed by atoms with Crippen molar-refractivity contribution in [3.8, 4) is 0 Å². The number of hydrogen-bond donors (Lipinski definition) is 1. The highest BCUT2D eigenvalue weighted by Gasteiger charge is 2.20. The SMILES string of the molecule is CCN(CC1CC(C)CCN1)c1cccc(F)c1. The maximum absolute atomic E-state index is 13.3. The molecule has 0 aromatic heterocycles. The third-order valence-electron chi connectivity index (χ3n) is 3.75. The second-order valence-corrected chi connectivity index (χ2v) is 5.30. The molecule has 0 spiro atoms. The molecule has 2 atom stereocenters. The van der Waals surface area contributed by atoms with Gasteiger partial charge in [0.15, 0.2) is 0 Å². The normalized spacial score (nSPS) is 23.9. The second-order valence-electron chi connectivity index (χ2n) is 5.30. The van der Waals surface area contributed by atoms with Crippen molar-refractivity contribution in [2.45, 2.75) is 32.7 Å². The molecule has 1 aliphatic rings. The van der Waals surface area contributed by atoms with E-state index < -0.39 is 0 Å².